The van der Waals surface area contributed by atoms with Crippen molar-refractivity contribution in [2.45, 2.75) is 98.7 Å². The first-order valence-corrected chi connectivity index (χ1v) is 19.3. The van der Waals surface area contributed by atoms with Crippen LogP contribution < -0.4 is 9.03 Å². The molecule has 2 rings (SSSR count). The predicted molar refractivity (Wildman–Crippen MR) is 125 cm³/mol. The number of aryl methyl sites for hydroxylation is 1. The van der Waals surface area contributed by atoms with Crippen molar-refractivity contribution < 1.29 is 18.0 Å². The van der Waals surface area contributed by atoms with E-state index in [0.29, 0.717) is 5.65 Å². The van der Waals surface area contributed by atoms with Gasteiger partial charge in [0, 0.05) is 0 Å². The van der Waals surface area contributed by atoms with Crippen LogP contribution in [0.2, 0.25) is 13.3 Å². The van der Waals surface area contributed by atoms with E-state index >= 15 is 0 Å². The second-order valence-corrected chi connectivity index (χ2v) is 22.0. The van der Waals surface area contributed by atoms with Crippen LogP contribution in [0.3, 0.4) is 0 Å². The number of nitrogens with zero attached hydrogens (tertiary/aromatic N) is 3. The normalized spacial score (nSPS) is 13.5. The van der Waals surface area contributed by atoms with Crippen LogP contribution in [0.1, 0.15) is 82.3 Å². The number of rotatable bonds is 12. The molecule has 5 nitrogen and oxygen atoms in total. The number of hydrogen-bond donors (Lipinski definition) is 1. The van der Waals surface area contributed by atoms with Crippen molar-refractivity contribution in [3.8, 4) is 0 Å². The molecule has 1 atom stereocenters. The molecule has 32 heavy (non-hydrogen) atoms. The first-order chi connectivity index (χ1) is 15.1. The second kappa shape index (κ2) is 11.7. The number of aromatic nitrogens is 3. The number of halogens is 3. The molecule has 0 aromatic carbocycles. The van der Waals surface area contributed by atoms with Gasteiger partial charge in [-0.1, -0.05) is 0 Å². The molecule has 0 radical (unpaired) electrons. The maximum absolute atomic E-state index is 13.0. The molecule has 180 valence electrons. The molecule has 9 heteroatoms. The van der Waals surface area contributed by atoms with Gasteiger partial charge in [-0.15, -0.1) is 0 Å². The van der Waals surface area contributed by atoms with Gasteiger partial charge in [0.15, 0.2) is 0 Å². The Morgan fingerprint density at radius 3 is 2.09 bits per heavy atom. The Hall–Kier alpha value is -1.32. The first-order valence-electron chi connectivity index (χ1n) is 11.8. The zero-order chi connectivity index (χ0) is 23.9. The van der Waals surface area contributed by atoms with Crippen molar-refractivity contribution in [3.63, 3.8) is 0 Å². The van der Waals surface area contributed by atoms with Gasteiger partial charge in [-0.2, -0.15) is 0 Å². The summed E-state index contributed by atoms with van der Waals surface area (Å²) in [5, 5.41) is 6.31. The van der Waals surface area contributed by atoms with Crippen LogP contribution >= 0.6 is 0 Å². The molecule has 0 aliphatic rings. The number of fused-ring (bicyclic) bond motifs is 1. The molecule has 0 saturated carbocycles. The van der Waals surface area contributed by atoms with Crippen LogP contribution in [-0.4, -0.2) is 51.1 Å². The van der Waals surface area contributed by atoms with Gasteiger partial charge in [0.25, 0.3) is 0 Å². The number of hydrogen-bond acceptors (Lipinski definition) is 3. The monoisotopic (exact) mass is 562 g/mol. The van der Waals surface area contributed by atoms with Gasteiger partial charge < -0.3 is 0 Å². The van der Waals surface area contributed by atoms with Crippen LogP contribution in [0.25, 0.3) is 5.65 Å². The third-order valence-corrected chi connectivity index (χ3v) is 21.4. The van der Waals surface area contributed by atoms with Gasteiger partial charge in [-0.25, -0.2) is 0 Å². The topological polar surface area (TPSA) is 59.3 Å². The van der Waals surface area contributed by atoms with Crippen molar-refractivity contribution in [1.29, 1.82) is 0 Å². The third kappa shape index (κ3) is 6.38. The Balaban J connectivity index is 2.55. The van der Waals surface area contributed by atoms with Crippen molar-refractivity contribution in [2.75, 3.05) is 0 Å². The molecule has 2 heterocycles. The standard InChI is InChI=1S/C11H10F3N4O.3C4H9.Sn/c1-6-3-4-15-9-8(5-16-18(6)9)10(19)17-7(2)11(12,13)14;3*1-3-4-2;/h3,5,7H,1-2H3,(H,17,19);3*1,3-4H2,2H3;/t7-;;;;/m1..../s1. The van der Waals surface area contributed by atoms with Gasteiger partial charge in [-0.3, -0.25) is 0 Å². The molecule has 1 N–H and O–H groups in total. The molecule has 2 aromatic heterocycles. The minimum atomic E-state index is -4.50. The summed E-state index contributed by atoms with van der Waals surface area (Å²) < 4.78 is 45.2. The molecule has 0 fully saturated rings. The van der Waals surface area contributed by atoms with Crippen molar-refractivity contribution in [1.82, 2.24) is 19.9 Å². The Labute approximate surface area is 193 Å². The summed E-state index contributed by atoms with van der Waals surface area (Å²) in [6.45, 7) is 9.49. The zero-order valence-corrected chi connectivity index (χ0v) is 22.8. The first kappa shape index (κ1) is 26.9. The molecular formula is C23H37F3N4OSn. The van der Waals surface area contributed by atoms with Crippen LogP contribution in [0.15, 0.2) is 12.3 Å². The Kier molecular flexibility index (Phi) is 9.84. The van der Waals surface area contributed by atoms with E-state index in [4.69, 9.17) is 4.98 Å². The summed E-state index contributed by atoms with van der Waals surface area (Å²) in [4.78, 5) is 17.6. The van der Waals surface area contributed by atoms with Gasteiger partial charge in [0.1, 0.15) is 0 Å². The molecule has 0 aliphatic carbocycles. The maximum atomic E-state index is 13.0. The summed E-state index contributed by atoms with van der Waals surface area (Å²) >= 11 is -2.88. The van der Waals surface area contributed by atoms with Gasteiger partial charge in [0.2, 0.25) is 0 Å². The minimum absolute atomic E-state index is 0.104. The van der Waals surface area contributed by atoms with Crippen LogP contribution in [0.4, 0.5) is 13.2 Å². The third-order valence-electron chi connectivity index (χ3n) is 6.30. The fourth-order valence-corrected chi connectivity index (χ4v) is 19.8. The second-order valence-electron chi connectivity index (χ2n) is 8.90. The average molecular weight is 561 g/mol. The number of unbranched alkanes of at least 4 members (excludes halogenated alkanes) is 3. The number of amides is 1. The van der Waals surface area contributed by atoms with Gasteiger partial charge >= 0.3 is 194 Å². The average Bonchev–Trinajstić information content (AvgIpc) is 3.17. The molecule has 0 saturated heterocycles. The van der Waals surface area contributed by atoms with Crippen LogP contribution in [0, 0.1) is 6.92 Å². The molecule has 0 spiro atoms. The quantitative estimate of drug-likeness (QED) is 0.335. The van der Waals surface area contributed by atoms with Crippen molar-refractivity contribution in [2.24, 2.45) is 0 Å². The summed E-state index contributed by atoms with van der Waals surface area (Å²) in [6, 6.07) is 0.197. The van der Waals surface area contributed by atoms with E-state index < -0.39 is 36.5 Å². The molecule has 1 amide bonds. The summed E-state index contributed by atoms with van der Waals surface area (Å²) in [6.07, 6.45) is 3.74. The number of nitrogens with one attached hydrogen (secondary N) is 1. The van der Waals surface area contributed by atoms with E-state index in [1.807, 2.05) is 6.92 Å². The Bertz CT molecular complexity index is 875. The fourth-order valence-electron chi connectivity index (χ4n) is 4.21. The number of carbonyl (C=O) groups excluding carboxylic acids is 1. The van der Waals surface area contributed by atoms with E-state index in [9.17, 15) is 18.0 Å². The van der Waals surface area contributed by atoms with Crippen molar-refractivity contribution in [3.05, 3.63) is 23.5 Å². The summed E-state index contributed by atoms with van der Waals surface area (Å²) in [5.74, 6) is -0.787. The van der Waals surface area contributed by atoms with Gasteiger partial charge in [0.05, 0.1) is 0 Å². The van der Waals surface area contributed by atoms with E-state index in [1.54, 1.807) is 4.52 Å². The number of alkyl halides is 3. The van der Waals surface area contributed by atoms with Crippen LogP contribution in [0.5, 0.6) is 0 Å². The summed E-state index contributed by atoms with van der Waals surface area (Å²) in [5.41, 5.74) is 1.35. The van der Waals surface area contributed by atoms with Gasteiger partial charge in [-0.05, 0) is 0 Å². The molecule has 0 bridgehead atoms. The molecule has 0 aliphatic heterocycles. The Morgan fingerprint density at radius 2 is 1.62 bits per heavy atom. The molecule has 2 aromatic rings. The summed E-state index contributed by atoms with van der Waals surface area (Å²) in [7, 11) is 0. The molecule has 0 unspecified atom stereocenters. The predicted octanol–water partition coefficient (Wildman–Crippen LogP) is 5.77. The van der Waals surface area contributed by atoms with E-state index in [0.717, 1.165) is 35.6 Å². The van der Waals surface area contributed by atoms with E-state index in [2.05, 4.69) is 37.3 Å². The molecular weight excluding hydrogens is 524 g/mol. The fraction of sp³-hybridized carbons (Fsp3) is 0.696. The zero-order valence-electron chi connectivity index (χ0n) is 20.0. The Morgan fingerprint density at radius 1 is 1.09 bits per heavy atom. The SMILES string of the molecule is CCC[CH2][Sn]([CH2]CCC)([CH2]CCC)[c]1cc(C)n2ncc(C(=O)N[C@H](C)C(F)(F)F)c2n1. The van der Waals surface area contributed by atoms with E-state index in [1.165, 1.54) is 38.8 Å². The van der Waals surface area contributed by atoms with Crippen molar-refractivity contribution >= 4 is 33.6 Å². The van der Waals surface area contributed by atoms with Crippen LogP contribution in [-0.2, 0) is 0 Å². The number of carbonyl (C=O) groups is 1. The van der Waals surface area contributed by atoms with E-state index in [-0.39, 0.29) is 5.56 Å².